The molecule has 1 unspecified atom stereocenters. The van der Waals surface area contributed by atoms with Crippen LogP contribution < -0.4 is 0 Å². The maximum Gasteiger partial charge on any atom is 0.306 e. The van der Waals surface area contributed by atoms with Crippen LogP contribution in [0.4, 0.5) is 0 Å². The summed E-state index contributed by atoms with van der Waals surface area (Å²) in [6.07, 6.45) is 65.1. The molecule has 1 atom stereocenters. The zero-order chi connectivity index (χ0) is 37.0. The molecule has 0 aromatic rings. The van der Waals surface area contributed by atoms with Crippen LogP contribution in [-0.4, -0.2) is 37.0 Å². The minimum atomic E-state index is -0.599. The van der Waals surface area contributed by atoms with Crippen molar-refractivity contribution in [3.05, 3.63) is 134 Å². The van der Waals surface area contributed by atoms with Crippen LogP contribution in [0.25, 0.3) is 0 Å². The molecule has 0 heterocycles. The van der Waals surface area contributed by atoms with Gasteiger partial charge in [0.25, 0.3) is 0 Å². The Balaban J connectivity index is 3.70. The molecule has 0 aliphatic carbocycles. The third-order valence-corrected chi connectivity index (χ3v) is 7.48. The third kappa shape index (κ3) is 40.8. The van der Waals surface area contributed by atoms with Crippen molar-refractivity contribution in [2.75, 3.05) is 19.8 Å². The summed E-state index contributed by atoms with van der Waals surface area (Å²) in [5.74, 6) is -0.299. The fourth-order valence-electron chi connectivity index (χ4n) is 4.61. The molecule has 0 bridgehead atoms. The predicted octanol–water partition coefficient (Wildman–Crippen LogP) is 13.1. The highest BCUT2D eigenvalue weighted by Crippen LogP contribution is 2.06. The molecule has 0 rings (SSSR count). The standard InChI is InChI=1S/C47H72O4/c1-3-5-7-9-11-13-15-17-19-21-23-25-27-29-31-33-35-37-39-41-43-50-45-46(44-48)51-47(49)42-40-38-36-34-32-30-28-26-24-22-20-18-16-14-12-10-8-6-4-2/h5-8,11-14,17-20,23-26,29-32,36,38,46,48H,3-4,9-10,15-16,21-22,27-28,33-35,37,39-45H2,1-2H3/b7-5-,8-6-,13-11-,14-12-,19-17-,20-18-,25-23-,26-24-,31-29-,32-30-,38-36-. The molecule has 51 heavy (non-hydrogen) atoms. The van der Waals surface area contributed by atoms with Crippen LogP contribution >= 0.6 is 0 Å². The van der Waals surface area contributed by atoms with Gasteiger partial charge in [0.05, 0.1) is 13.2 Å². The van der Waals surface area contributed by atoms with E-state index in [1.807, 2.05) is 6.08 Å². The van der Waals surface area contributed by atoms with Gasteiger partial charge in [-0.15, -0.1) is 0 Å². The van der Waals surface area contributed by atoms with Gasteiger partial charge in [0.15, 0.2) is 0 Å². The van der Waals surface area contributed by atoms with E-state index < -0.39 is 6.10 Å². The fraction of sp³-hybridized carbons (Fsp3) is 0.511. The van der Waals surface area contributed by atoms with E-state index in [0.29, 0.717) is 19.4 Å². The summed E-state index contributed by atoms with van der Waals surface area (Å²) in [6.45, 7) is 4.94. The molecule has 1 N–H and O–H groups in total. The van der Waals surface area contributed by atoms with Crippen LogP contribution in [0.2, 0.25) is 0 Å². The fourth-order valence-corrected chi connectivity index (χ4v) is 4.61. The van der Waals surface area contributed by atoms with E-state index in [-0.39, 0.29) is 19.2 Å². The van der Waals surface area contributed by atoms with Gasteiger partial charge in [-0.1, -0.05) is 160 Å². The molecule has 0 radical (unpaired) electrons. The minimum Gasteiger partial charge on any atom is -0.457 e. The van der Waals surface area contributed by atoms with Crippen molar-refractivity contribution in [3.63, 3.8) is 0 Å². The normalized spacial score (nSPS) is 13.9. The van der Waals surface area contributed by atoms with Crippen molar-refractivity contribution in [3.8, 4) is 0 Å². The summed E-state index contributed by atoms with van der Waals surface area (Å²) in [7, 11) is 0. The van der Waals surface area contributed by atoms with Crippen molar-refractivity contribution in [2.24, 2.45) is 0 Å². The van der Waals surface area contributed by atoms with E-state index in [1.165, 1.54) is 12.8 Å². The highest BCUT2D eigenvalue weighted by Gasteiger charge is 2.13. The van der Waals surface area contributed by atoms with E-state index in [0.717, 1.165) is 89.9 Å². The summed E-state index contributed by atoms with van der Waals surface area (Å²) in [4.78, 5) is 12.1. The number of aliphatic hydroxyl groups excluding tert-OH is 1. The van der Waals surface area contributed by atoms with E-state index in [2.05, 4.69) is 141 Å². The van der Waals surface area contributed by atoms with Crippen LogP contribution in [-0.2, 0) is 14.3 Å². The zero-order valence-electron chi connectivity index (χ0n) is 32.3. The van der Waals surface area contributed by atoms with Gasteiger partial charge in [-0.05, 0) is 96.3 Å². The number of carbonyl (C=O) groups excluding carboxylic acids is 1. The first-order chi connectivity index (χ1) is 25.2. The van der Waals surface area contributed by atoms with Crippen molar-refractivity contribution in [1.29, 1.82) is 0 Å². The number of unbranched alkanes of at least 4 members (excludes halogenated alkanes) is 4. The third-order valence-electron chi connectivity index (χ3n) is 7.48. The molecule has 0 amide bonds. The lowest BCUT2D eigenvalue weighted by Crippen LogP contribution is -2.27. The van der Waals surface area contributed by atoms with E-state index in [9.17, 15) is 9.90 Å². The first kappa shape index (κ1) is 47.5. The molecule has 0 aromatic heterocycles. The van der Waals surface area contributed by atoms with E-state index in [1.54, 1.807) is 0 Å². The summed E-state index contributed by atoms with van der Waals surface area (Å²) >= 11 is 0. The number of esters is 1. The number of aliphatic hydroxyl groups is 1. The van der Waals surface area contributed by atoms with Gasteiger partial charge >= 0.3 is 5.97 Å². The molecule has 0 aliphatic heterocycles. The van der Waals surface area contributed by atoms with Crippen LogP contribution in [0, 0.1) is 0 Å². The van der Waals surface area contributed by atoms with Gasteiger partial charge in [0, 0.05) is 13.0 Å². The first-order valence-electron chi connectivity index (χ1n) is 19.8. The van der Waals surface area contributed by atoms with E-state index in [4.69, 9.17) is 9.47 Å². The van der Waals surface area contributed by atoms with E-state index >= 15 is 0 Å². The highest BCUT2D eigenvalue weighted by atomic mass is 16.6. The minimum absolute atomic E-state index is 0.223. The second kappa shape index (κ2) is 42.7. The molecule has 0 aliphatic rings. The quantitative estimate of drug-likeness (QED) is 0.0412. The SMILES string of the molecule is CC/C=C\C/C=C\C/C=C\C/C=C\C/C=C\C/C=C\CCC(=O)OC(CO)COCCCCCC/C=C\C/C=C\C/C=C\C/C=C\C/C=C\CC. The van der Waals surface area contributed by atoms with Gasteiger partial charge in [-0.25, -0.2) is 0 Å². The first-order valence-corrected chi connectivity index (χ1v) is 19.8. The average Bonchev–Trinajstić information content (AvgIpc) is 3.14. The number of rotatable bonds is 34. The molecule has 4 heteroatoms. The Hall–Kier alpha value is -3.47. The lowest BCUT2D eigenvalue weighted by molar-refractivity contribution is -0.154. The lowest BCUT2D eigenvalue weighted by Gasteiger charge is -2.15. The Kier molecular flexibility index (Phi) is 39.8. The Bertz CT molecular complexity index is 1090. The Labute approximate surface area is 313 Å². The van der Waals surface area contributed by atoms with Crippen molar-refractivity contribution < 1.29 is 19.4 Å². The average molecular weight is 701 g/mol. The Morgan fingerprint density at radius 1 is 0.471 bits per heavy atom. The molecule has 4 nitrogen and oxygen atoms in total. The lowest BCUT2D eigenvalue weighted by atomic mass is 10.1. The van der Waals surface area contributed by atoms with Gasteiger partial charge in [0.2, 0.25) is 0 Å². The van der Waals surface area contributed by atoms with Crippen LogP contribution in [0.5, 0.6) is 0 Å². The Morgan fingerprint density at radius 3 is 1.22 bits per heavy atom. The monoisotopic (exact) mass is 701 g/mol. The van der Waals surface area contributed by atoms with Gasteiger partial charge in [-0.3, -0.25) is 4.79 Å². The number of carbonyl (C=O) groups is 1. The molecule has 0 fully saturated rings. The Morgan fingerprint density at radius 2 is 0.824 bits per heavy atom. The summed E-state index contributed by atoms with van der Waals surface area (Å²) in [5, 5.41) is 9.57. The maximum absolute atomic E-state index is 12.1. The second-order valence-corrected chi connectivity index (χ2v) is 12.2. The van der Waals surface area contributed by atoms with Crippen molar-refractivity contribution in [1.82, 2.24) is 0 Å². The van der Waals surface area contributed by atoms with Gasteiger partial charge < -0.3 is 14.6 Å². The molecular weight excluding hydrogens is 629 g/mol. The summed E-state index contributed by atoms with van der Waals surface area (Å²) in [5.41, 5.74) is 0. The molecule has 284 valence electrons. The molecule has 0 spiro atoms. The smallest absolute Gasteiger partial charge is 0.306 e. The number of hydrogen-bond acceptors (Lipinski definition) is 4. The van der Waals surface area contributed by atoms with Crippen molar-refractivity contribution >= 4 is 5.97 Å². The number of hydrogen-bond donors (Lipinski definition) is 1. The number of allylic oxidation sites excluding steroid dienone is 22. The number of ether oxygens (including phenoxy) is 2. The zero-order valence-corrected chi connectivity index (χ0v) is 32.3. The second-order valence-electron chi connectivity index (χ2n) is 12.2. The van der Waals surface area contributed by atoms with Crippen LogP contribution in [0.1, 0.15) is 129 Å². The van der Waals surface area contributed by atoms with Gasteiger partial charge in [0.1, 0.15) is 6.10 Å². The van der Waals surface area contributed by atoms with Crippen LogP contribution in [0.3, 0.4) is 0 Å². The molecule has 0 saturated heterocycles. The summed E-state index contributed by atoms with van der Waals surface area (Å²) in [6, 6.07) is 0. The van der Waals surface area contributed by atoms with Gasteiger partial charge in [-0.2, -0.15) is 0 Å². The highest BCUT2D eigenvalue weighted by molar-refractivity contribution is 5.69. The van der Waals surface area contributed by atoms with Crippen molar-refractivity contribution in [2.45, 2.75) is 136 Å². The largest absolute Gasteiger partial charge is 0.457 e. The molecular formula is C47H72O4. The van der Waals surface area contributed by atoms with Crippen LogP contribution in [0.15, 0.2) is 134 Å². The summed E-state index contributed by atoms with van der Waals surface area (Å²) < 4.78 is 11.1. The maximum atomic E-state index is 12.1. The molecule has 0 aromatic carbocycles. The predicted molar refractivity (Wildman–Crippen MR) is 223 cm³/mol. The molecule has 0 saturated carbocycles. The topological polar surface area (TPSA) is 55.8 Å².